The van der Waals surface area contributed by atoms with Gasteiger partial charge < -0.3 is 0 Å². The number of hydrogen-bond donors (Lipinski definition) is 0. The monoisotopic (exact) mass is 894 g/mol. The van der Waals surface area contributed by atoms with Gasteiger partial charge in [-0.15, -0.1) is 0 Å². The van der Waals surface area contributed by atoms with Crippen molar-refractivity contribution in [2.75, 3.05) is 0 Å². The Morgan fingerprint density at radius 2 is 0.629 bits per heavy atom. The van der Waals surface area contributed by atoms with Crippen LogP contribution in [0, 0.1) is 11.3 Å². The van der Waals surface area contributed by atoms with Gasteiger partial charge in [-0.05, 0) is 84.9 Å². The van der Waals surface area contributed by atoms with Crippen LogP contribution in [0.15, 0.2) is 231 Å². The van der Waals surface area contributed by atoms with Crippen molar-refractivity contribution in [3.63, 3.8) is 0 Å². The molecule has 0 unspecified atom stereocenters. The van der Waals surface area contributed by atoms with Crippen molar-refractivity contribution in [3.8, 4) is 62.6 Å². The molecule has 0 bridgehead atoms. The van der Waals surface area contributed by atoms with Crippen molar-refractivity contribution in [2.45, 2.75) is 0 Å². The predicted octanol–water partition coefficient (Wildman–Crippen LogP) is 14.8. The number of pyridine rings is 3. The molecular formula is C62H38N8. The van der Waals surface area contributed by atoms with Crippen LogP contribution in [0.3, 0.4) is 0 Å². The molecule has 14 aromatic rings. The highest BCUT2D eigenvalue weighted by atomic mass is 15.2. The molecule has 0 fully saturated rings. The summed E-state index contributed by atoms with van der Waals surface area (Å²) in [6.45, 7) is 0. The second-order valence-electron chi connectivity index (χ2n) is 17.4. The number of fused-ring (bicyclic) bond motifs is 10. The Morgan fingerprint density at radius 1 is 0.314 bits per heavy atom. The van der Waals surface area contributed by atoms with E-state index in [9.17, 15) is 5.26 Å². The zero-order chi connectivity index (χ0) is 46.3. The second-order valence-corrected chi connectivity index (χ2v) is 17.4. The van der Waals surface area contributed by atoms with Crippen LogP contribution in [0.5, 0.6) is 0 Å². The zero-order valence-corrected chi connectivity index (χ0v) is 37.5. The summed E-state index contributed by atoms with van der Waals surface area (Å²) in [5.74, 6) is 0. The standard InChI is InChI=1S/C62H38N8/c63-39-46-56(47-29-15-18-36-64-47)59(69-52-34-13-9-27-44(52)54-42-25-7-11-32-50(42)67(61(54)69)40-21-3-1-4-22-40)58(49-31-17-20-38-66-49)60(57(46)48-30-16-19-37-65-48)70-53-35-14-10-28-45(53)55-43-26-8-12-33-51(43)68(62(55)70)41-23-5-2-6-24-41/h1-38H. The summed E-state index contributed by atoms with van der Waals surface area (Å²) >= 11 is 0. The molecule has 326 valence electrons. The van der Waals surface area contributed by atoms with E-state index in [2.05, 4.69) is 188 Å². The Hall–Kier alpha value is -9.84. The van der Waals surface area contributed by atoms with Gasteiger partial charge in [0.15, 0.2) is 0 Å². The van der Waals surface area contributed by atoms with E-state index in [1.165, 1.54) is 0 Å². The molecule has 14 rings (SSSR count). The molecule has 0 saturated heterocycles. The summed E-state index contributed by atoms with van der Waals surface area (Å²) in [5, 5.41) is 18.8. The molecule has 0 aliphatic carbocycles. The number of nitriles is 1. The van der Waals surface area contributed by atoms with Crippen LogP contribution in [0.4, 0.5) is 0 Å². The molecule has 7 heterocycles. The number of hydrogen-bond acceptors (Lipinski definition) is 4. The van der Waals surface area contributed by atoms with E-state index in [0.29, 0.717) is 33.8 Å². The third-order valence-corrected chi connectivity index (χ3v) is 13.7. The molecule has 0 spiro atoms. The number of aromatic nitrogens is 7. The highest BCUT2D eigenvalue weighted by Crippen LogP contribution is 2.53. The highest BCUT2D eigenvalue weighted by molar-refractivity contribution is 6.25. The van der Waals surface area contributed by atoms with E-state index in [4.69, 9.17) is 15.0 Å². The van der Waals surface area contributed by atoms with Gasteiger partial charge in [-0.1, -0.05) is 127 Å². The van der Waals surface area contributed by atoms with Crippen molar-refractivity contribution in [1.29, 1.82) is 5.26 Å². The first-order valence-corrected chi connectivity index (χ1v) is 23.3. The first-order chi connectivity index (χ1) is 34.8. The molecule has 8 nitrogen and oxygen atoms in total. The van der Waals surface area contributed by atoms with Crippen LogP contribution in [0.25, 0.3) is 122 Å². The first kappa shape index (κ1) is 39.3. The molecule has 0 amide bonds. The van der Waals surface area contributed by atoms with Gasteiger partial charge in [-0.3, -0.25) is 33.2 Å². The van der Waals surface area contributed by atoms with Crippen LogP contribution in [0.2, 0.25) is 0 Å². The third kappa shape index (κ3) is 5.60. The molecule has 8 heteroatoms. The van der Waals surface area contributed by atoms with Gasteiger partial charge in [0.2, 0.25) is 0 Å². The minimum atomic E-state index is 0.434. The van der Waals surface area contributed by atoms with E-state index in [1.807, 2.05) is 54.7 Å². The Morgan fingerprint density at radius 3 is 0.971 bits per heavy atom. The Labute approximate surface area is 401 Å². The summed E-state index contributed by atoms with van der Waals surface area (Å²) in [6, 6.07) is 76.4. The topological polar surface area (TPSA) is 82.2 Å². The molecule has 0 radical (unpaired) electrons. The van der Waals surface area contributed by atoms with Gasteiger partial charge in [0, 0.05) is 79.0 Å². The summed E-state index contributed by atoms with van der Waals surface area (Å²) in [5.41, 5.74) is 14.1. The van der Waals surface area contributed by atoms with Crippen molar-refractivity contribution in [3.05, 3.63) is 236 Å². The van der Waals surface area contributed by atoms with E-state index >= 15 is 0 Å². The lowest BCUT2D eigenvalue weighted by Gasteiger charge is -2.27. The molecule has 0 aliphatic rings. The van der Waals surface area contributed by atoms with Crippen LogP contribution >= 0.6 is 0 Å². The third-order valence-electron chi connectivity index (χ3n) is 13.7. The molecule has 0 aliphatic heterocycles. The van der Waals surface area contributed by atoms with E-state index in [0.717, 1.165) is 94.0 Å². The van der Waals surface area contributed by atoms with Crippen LogP contribution in [0.1, 0.15) is 5.56 Å². The van der Waals surface area contributed by atoms with Gasteiger partial charge in [-0.2, -0.15) is 5.26 Å². The molecule has 70 heavy (non-hydrogen) atoms. The molecular weight excluding hydrogens is 857 g/mol. The second kappa shape index (κ2) is 15.6. The molecule has 0 N–H and O–H groups in total. The first-order valence-electron chi connectivity index (χ1n) is 23.3. The lowest BCUT2D eigenvalue weighted by Crippen LogP contribution is -2.13. The van der Waals surface area contributed by atoms with Gasteiger partial charge in [-0.25, -0.2) is 0 Å². The summed E-state index contributed by atoms with van der Waals surface area (Å²) in [4.78, 5) is 15.6. The van der Waals surface area contributed by atoms with Crippen molar-refractivity contribution < 1.29 is 0 Å². The zero-order valence-electron chi connectivity index (χ0n) is 37.5. The van der Waals surface area contributed by atoms with E-state index in [1.54, 1.807) is 12.4 Å². The van der Waals surface area contributed by atoms with Crippen LogP contribution in [-0.2, 0) is 0 Å². The lowest BCUT2D eigenvalue weighted by molar-refractivity contribution is 1.04. The average Bonchev–Trinajstić information content (AvgIpc) is 4.16. The molecule has 7 aromatic heterocycles. The summed E-state index contributed by atoms with van der Waals surface area (Å²) in [7, 11) is 0. The quantitative estimate of drug-likeness (QED) is 0.160. The minimum absolute atomic E-state index is 0.434. The van der Waals surface area contributed by atoms with Crippen LogP contribution < -0.4 is 0 Å². The van der Waals surface area contributed by atoms with Crippen molar-refractivity contribution in [2.24, 2.45) is 0 Å². The maximum absolute atomic E-state index is 12.2. The van der Waals surface area contributed by atoms with Gasteiger partial charge in [0.25, 0.3) is 0 Å². The Balaban J connectivity index is 1.33. The van der Waals surface area contributed by atoms with Crippen molar-refractivity contribution in [1.82, 2.24) is 33.2 Å². The van der Waals surface area contributed by atoms with Gasteiger partial charge >= 0.3 is 0 Å². The van der Waals surface area contributed by atoms with Crippen LogP contribution in [-0.4, -0.2) is 33.2 Å². The van der Waals surface area contributed by atoms with E-state index in [-0.39, 0.29) is 0 Å². The SMILES string of the molecule is N#Cc1c(-c2ccccn2)c(-n2c3ccccc3c3c4ccccc4n(-c4ccccc4)c32)c(-c2ccccn2)c(-n2c3ccccc3c3c4ccccc4n(-c4ccccc4)c32)c1-c1ccccn1. The normalized spacial score (nSPS) is 11.7. The largest absolute Gasteiger partial charge is 0.295 e. The van der Waals surface area contributed by atoms with Gasteiger partial charge in [0.05, 0.1) is 56.1 Å². The Kier molecular flexibility index (Phi) is 8.78. The van der Waals surface area contributed by atoms with E-state index < -0.39 is 0 Å². The highest BCUT2D eigenvalue weighted by Gasteiger charge is 2.35. The molecule has 7 aromatic carbocycles. The number of para-hydroxylation sites is 6. The van der Waals surface area contributed by atoms with Crippen molar-refractivity contribution >= 4 is 65.7 Å². The predicted molar refractivity (Wildman–Crippen MR) is 283 cm³/mol. The maximum Gasteiger partial charge on any atom is 0.131 e. The average molecular weight is 895 g/mol. The van der Waals surface area contributed by atoms with Gasteiger partial charge in [0.1, 0.15) is 17.4 Å². The molecule has 0 saturated carbocycles. The minimum Gasteiger partial charge on any atom is -0.295 e. The maximum atomic E-state index is 12.2. The smallest absolute Gasteiger partial charge is 0.131 e. The fourth-order valence-electron chi connectivity index (χ4n) is 11.1. The molecule has 0 atom stereocenters. The number of rotatable bonds is 7. The fraction of sp³-hybridized carbons (Fsp3) is 0. The number of benzene rings is 7. The Bertz CT molecular complexity index is 4130. The lowest BCUT2D eigenvalue weighted by atomic mass is 9.87. The number of nitrogens with zero attached hydrogens (tertiary/aromatic N) is 8. The fourth-order valence-corrected chi connectivity index (χ4v) is 11.1. The summed E-state index contributed by atoms with van der Waals surface area (Å²) < 4.78 is 9.50. The summed E-state index contributed by atoms with van der Waals surface area (Å²) in [6.07, 6.45) is 5.47.